The monoisotopic (exact) mass is 407 g/mol. The lowest BCUT2D eigenvalue weighted by Gasteiger charge is -2.25. The summed E-state index contributed by atoms with van der Waals surface area (Å²) >= 11 is 0. The fourth-order valence-electron chi connectivity index (χ4n) is 3.48. The van der Waals surface area contributed by atoms with Crippen LogP contribution >= 0.6 is 0 Å². The zero-order valence-corrected chi connectivity index (χ0v) is 18.3. The molecule has 0 N–H and O–H groups in total. The molecule has 0 spiro atoms. The summed E-state index contributed by atoms with van der Waals surface area (Å²) in [6, 6.07) is 14.2. The minimum atomic E-state index is -0.240. The zero-order valence-electron chi connectivity index (χ0n) is 18.3. The van der Waals surface area contributed by atoms with Gasteiger partial charge in [-0.2, -0.15) is 5.10 Å². The van der Waals surface area contributed by atoms with Crippen molar-refractivity contribution in [2.75, 3.05) is 27.3 Å². The number of amides is 2. The molecule has 1 aliphatic rings. The number of hydrazone groups is 1. The summed E-state index contributed by atoms with van der Waals surface area (Å²) in [6.07, 6.45) is 0.632. The Bertz CT molecular complexity index is 966. The van der Waals surface area contributed by atoms with Crippen molar-refractivity contribution in [3.63, 3.8) is 0 Å². The van der Waals surface area contributed by atoms with Gasteiger partial charge in [0.15, 0.2) is 0 Å². The highest BCUT2D eigenvalue weighted by Crippen LogP contribution is 2.33. The van der Waals surface area contributed by atoms with Gasteiger partial charge in [0.1, 0.15) is 13.2 Å². The van der Waals surface area contributed by atoms with E-state index >= 15 is 0 Å². The molecule has 2 aromatic carbocycles. The molecule has 0 radical (unpaired) electrons. The Kier molecular flexibility index (Phi) is 6.67. The van der Waals surface area contributed by atoms with Gasteiger partial charge >= 0.3 is 0 Å². The first kappa shape index (κ1) is 21.7. The molecule has 1 atom stereocenters. The third kappa shape index (κ3) is 4.76. The second kappa shape index (κ2) is 9.22. The molecule has 2 amide bonds. The van der Waals surface area contributed by atoms with Gasteiger partial charge in [-0.3, -0.25) is 9.59 Å². The first-order valence-corrected chi connectivity index (χ1v) is 10.1. The number of carbonyl (C=O) groups is 2. The molecular weight excluding hydrogens is 378 g/mol. The lowest BCUT2D eigenvalue weighted by Crippen LogP contribution is -2.40. The smallest absolute Gasteiger partial charge is 0.262 e. The Balaban J connectivity index is 1.90. The summed E-state index contributed by atoms with van der Waals surface area (Å²) < 4.78 is 4.89. The number of benzene rings is 2. The minimum absolute atomic E-state index is 0.0474. The van der Waals surface area contributed by atoms with Crippen LogP contribution in [-0.2, 0) is 14.3 Å². The largest absolute Gasteiger partial charge is 0.375 e. The van der Waals surface area contributed by atoms with Crippen LogP contribution in [0, 0.1) is 20.8 Å². The van der Waals surface area contributed by atoms with Crippen molar-refractivity contribution in [2.24, 2.45) is 5.10 Å². The maximum Gasteiger partial charge on any atom is 0.262 e. The van der Waals surface area contributed by atoms with Crippen LogP contribution in [0.5, 0.6) is 0 Å². The highest BCUT2D eigenvalue weighted by molar-refractivity contribution is 6.03. The molecule has 0 unspecified atom stereocenters. The molecule has 0 aromatic heterocycles. The minimum Gasteiger partial charge on any atom is -0.375 e. The van der Waals surface area contributed by atoms with Crippen LogP contribution in [-0.4, -0.2) is 54.7 Å². The van der Waals surface area contributed by atoms with E-state index in [1.807, 2.05) is 31.2 Å². The van der Waals surface area contributed by atoms with E-state index in [0.29, 0.717) is 6.42 Å². The number of hydrogen-bond donors (Lipinski definition) is 0. The number of methoxy groups -OCH3 is 1. The molecule has 6 heteroatoms. The third-order valence-corrected chi connectivity index (χ3v) is 5.53. The number of nitrogens with zero attached hydrogens (tertiary/aromatic N) is 3. The molecule has 0 saturated heterocycles. The van der Waals surface area contributed by atoms with E-state index in [9.17, 15) is 9.59 Å². The van der Waals surface area contributed by atoms with Gasteiger partial charge in [0.25, 0.3) is 5.91 Å². The van der Waals surface area contributed by atoms with E-state index in [0.717, 1.165) is 22.4 Å². The molecule has 158 valence electrons. The number of likely N-dealkylation sites (N-methyl/N-ethyl adjacent to an activating group) is 1. The van der Waals surface area contributed by atoms with Crippen LogP contribution < -0.4 is 0 Å². The van der Waals surface area contributed by atoms with Crippen molar-refractivity contribution in [1.82, 2.24) is 9.91 Å². The lowest BCUT2D eigenvalue weighted by atomic mass is 9.96. The zero-order chi connectivity index (χ0) is 21.8. The fourth-order valence-corrected chi connectivity index (χ4v) is 3.48. The molecule has 0 fully saturated rings. The van der Waals surface area contributed by atoms with Gasteiger partial charge < -0.3 is 9.64 Å². The van der Waals surface area contributed by atoms with E-state index in [2.05, 4.69) is 32.0 Å². The summed E-state index contributed by atoms with van der Waals surface area (Å²) in [7, 11) is 3.06. The Labute approximate surface area is 178 Å². The molecule has 2 aromatic rings. The molecule has 0 saturated carbocycles. The van der Waals surface area contributed by atoms with Crippen LogP contribution in [0.2, 0.25) is 0 Å². The molecule has 30 heavy (non-hydrogen) atoms. The molecule has 1 heterocycles. The summed E-state index contributed by atoms with van der Waals surface area (Å²) in [5, 5.41) is 6.23. The van der Waals surface area contributed by atoms with Crippen LogP contribution in [0.4, 0.5) is 0 Å². The summed E-state index contributed by atoms with van der Waals surface area (Å²) in [5.41, 5.74) is 6.50. The highest BCUT2D eigenvalue weighted by Gasteiger charge is 2.33. The summed E-state index contributed by atoms with van der Waals surface area (Å²) in [4.78, 5) is 26.5. The van der Waals surface area contributed by atoms with Crippen LogP contribution in [0.3, 0.4) is 0 Å². The second-order valence-corrected chi connectivity index (χ2v) is 7.90. The molecule has 0 bridgehead atoms. The first-order chi connectivity index (χ1) is 14.3. The molecular formula is C24H29N3O3. The van der Waals surface area contributed by atoms with Crippen molar-refractivity contribution >= 4 is 17.5 Å². The first-order valence-electron chi connectivity index (χ1n) is 10.1. The van der Waals surface area contributed by atoms with Crippen LogP contribution in [0.25, 0.3) is 0 Å². The Morgan fingerprint density at radius 1 is 1.10 bits per heavy atom. The molecule has 3 rings (SSSR count). The van der Waals surface area contributed by atoms with Crippen molar-refractivity contribution in [1.29, 1.82) is 0 Å². The van der Waals surface area contributed by atoms with Gasteiger partial charge in [-0.25, -0.2) is 5.01 Å². The Hall–Kier alpha value is -2.99. The molecule has 0 aliphatic carbocycles. The van der Waals surface area contributed by atoms with Gasteiger partial charge in [-0.05, 0) is 49.1 Å². The van der Waals surface area contributed by atoms with Gasteiger partial charge in [-0.15, -0.1) is 0 Å². The average molecular weight is 408 g/mol. The van der Waals surface area contributed by atoms with Gasteiger partial charge in [0.05, 0.1) is 11.8 Å². The van der Waals surface area contributed by atoms with E-state index in [-0.39, 0.29) is 31.0 Å². The van der Waals surface area contributed by atoms with Crippen molar-refractivity contribution in [3.8, 4) is 0 Å². The Morgan fingerprint density at radius 3 is 2.43 bits per heavy atom. The molecule has 1 aliphatic heterocycles. The number of carbonyl (C=O) groups excluding carboxylic acids is 2. The summed E-state index contributed by atoms with van der Waals surface area (Å²) in [6.45, 7) is 6.09. The maximum atomic E-state index is 13.1. The topological polar surface area (TPSA) is 62.2 Å². The van der Waals surface area contributed by atoms with E-state index in [1.165, 1.54) is 28.1 Å². The van der Waals surface area contributed by atoms with Gasteiger partial charge in [-0.1, -0.05) is 42.0 Å². The predicted octanol–water partition coefficient (Wildman–Crippen LogP) is 3.39. The number of rotatable bonds is 6. The lowest BCUT2D eigenvalue weighted by molar-refractivity contribution is -0.142. The summed E-state index contributed by atoms with van der Waals surface area (Å²) in [5.74, 6) is -0.457. The normalized spacial score (nSPS) is 15.8. The number of aryl methyl sites for hydroxylation is 3. The van der Waals surface area contributed by atoms with Crippen molar-refractivity contribution < 1.29 is 14.3 Å². The SMILES string of the molecule is COCC(=O)N(C)CC(=O)N1N=C(c2ccc(C)c(C)c2)C[C@H]1c1ccc(C)cc1. The Morgan fingerprint density at radius 2 is 1.80 bits per heavy atom. The standard InChI is InChI=1S/C24H29N3O3/c1-16-6-9-19(10-7-16)22-13-21(20-11-8-17(2)18(3)12-20)25-27(22)23(28)14-26(4)24(29)15-30-5/h6-12,22H,13-15H2,1-5H3/t22-/m0/s1. The number of ether oxygens (including phenoxy) is 1. The van der Waals surface area contributed by atoms with E-state index < -0.39 is 0 Å². The molecule has 6 nitrogen and oxygen atoms in total. The average Bonchev–Trinajstić information content (AvgIpc) is 3.16. The van der Waals surface area contributed by atoms with Crippen LogP contribution in [0.15, 0.2) is 47.6 Å². The number of hydrogen-bond acceptors (Lipinski definition) is 4. The predicted molar refractivity (Wildman–Crippen MR) is 117 cm³/mol. The quantitative estimate of drug-likeness (QED) is 0.737. The van der Waals surface area contributed by atoms with E-state index in [4.69, 9.17) is 9.84 Å². The highest BCUT2D eigenvalue weighted by atomic mass is 16.5. The van der Waals surface area contributed by atoms with Gasteiger partial charge in [0, 0.05) is 20.6 Å². The van der Waals surface area contributed by atoms with Crippen molar-refractivity contribution in [2.45, 2.75) is 33.2 Å². The third-order valence-electron chi connectivity index (χ3n) is 5.53. The van der Waals surface area contributed by atoms with E-state index in [1.54, 1.807) is 7.05 Å². The fraction of sp³-hybridized carbons (Fsp3) is 0.375. The second-order valence-electron chi connectivity index (χ2n) is 7.90. The van der Waals surface area contributed by atoms with Gasteiger partial charge in [0.2, 0.25) is 5.91 Å². The van der Waals surface area contributed by atoms with Crippen molar-refractivity contribution in [3.05, 3.63) is 70.3 Å². The maximum absolute atomic E-state index is 13.1. The van der Waals surface area contributed by atoms with Crippen LogP contribution in [0.1, 0.15) is 40.3 Å².